The summed E-state index contributed by atoms with van der Waals surface area (Å²) < 4.78 is 10.2. The van der Waals surface area contributed by atoms with Gasteiger partial charge in [-0.1, -0.05) is 17.7 Å². The van der Waals surface area contributed by atoms with Crippen LogP contribution in [0, 0.1) is 13.8 Å². The summed E-state index contributed by atoms with van der Waals surface area (Å²) in [7, 11) is 0. The van der Waals surface area contributed by atoms with Gasteiger partial charge in [-0.15, -0.1) is 0 Å². The summed E-state index contributed by atoms with van der Waals surface area (Å²) >= 11 is 0. The van der Waals surface area contributed by atoms with Crippen LogP contribution in [-0.2, 0) is 0 Å². The number of ether oxygens (including phenoxy) is 1. The van der Waals surface area contributed by atoms with E-state index in [1.807, 2.05) is 26.0 Å². The first-order valence-corrected chi connectivity index (χ1v) is 5.00. The van der Waals surface area contributed by atoms with Crippen LogP contribution in [0.3, 0.4) is 0 Å². The maximum atomic E-state index is 11.6. The highest BCUT2D eigenvalue weighted by Crippen LogP contribution is 2.20. The topological polar surface area (TPSA) is 39.4 Å². The quantitative estimate of drug-likeness (QED) is 0.572. The minimum atomic E-state index is -0.475. The minimum Gasteiger partial charge on any atom is -0.457 e. The molecule has 0 aliphatic carbocycles. The van der Waals surface area contributed by atoms with E-state index >= 15 is 0 Å². The monoisotopic (exact) mass is 216 g/mol. The number of hydrogen-bond acceptors (Lipinski definition) is 3. The number of esters is 1. The summed E-state index contributed by atoms with van der Waals surface area (Å²) in [6.07, 6.45) is 1.44. The van der Waals surface area contributed by atoms with Crippen LogP contribution in [0.4, 0.5) is 0 Å². The second kappa shape index (κ2) is 4.23. The molecular weight excluding hydrogens is 204 g/mol. The third-order valence-electron chi connectivity index (χ3n) is 2.26. The van der Waals surface area contributed by atoms with Crippen LogP contribution in [0.1, 0.15) is 21.7 Å². The molecule has 3 heteroatoms. The van der Waals surface area contributed by atoms with Gasteiger partial charge in [-0.3, -0.25) is 0 Å². The molecule has 1 aromatic heterocycles. The van der Waals surface area contributed by atoms with Crippen LogP contribution in [0.15, 0.2) is 41.0 Å². The van der Waals surface area contributed by atoms with Crippen LogP contribution >= 0.6 is 0 Å². The van der Waals surface area contributed by atoms with Gasteiger partial charge in [0.15, 0.2) is 0 Å². The second-order valence-corrected chi connectivity index (χ2v) is 3.64. The van der Waals surface area contributed by atoms with E-state index in [-0.39, 0.29) is 5.76 Å². The van der Waals surface area contributed by atoms with E-state index in [0.29, 0.717) is 5.75 Å². The summed E-state index contributed by atoms with van der Waals surface area (Å²) in [5.74, 6) is 0.295. The van der Waals surface area contributed by atoms with Crippen LogP contribution < -0.4 is 4.74 Å². The summed E-state index contributed by atoms with van der Waals surface area (Å²) in [5.41, 5.74) is 2.07. The molecule has 0 radical (unpaired) electrons. The molecule has 82 valence electrons. The lowest BCUT2D eigenvalue weighted by atomic mass is 10.1. The van der Waals surface area contributed by atoms with Crippen molar-refractivity contribution in [3.8, 4) is 5.75 Å². The molecule has 2 aromatic rings. The van der Waals surface area contributed by atoms with Crippen molar-refractivity contribution in [3.63, 3.8) is 0 Å². The fourth-order valence-corrected chi connectivity index (χ4v) is 1.46. The molecule has 0 spiro atoms. The van der Waals surface area contributed by atoms with Crippen LogP contribution in [0.5, 0.6) is 5.75 Å². The molecule has 3 nitrogen and oxygen atoms in total. The molecular formula is C13H12O3. The molecule has 0 saturated heterocycles. The Morgan fingerprint density at radius 2 is 2.06 bits per heavy atom. The Kier molecular flexibility index (Phi) is 2.77. The van der Waals surface area contributed by atoms with Gasteiger partial charge in [0, 0.05) is 0 Å². The average Bonchev–Trinajstić information content (AvgIpc) is 2.75. The molecule has 1 heterocycles. The molecule has 0 fully saturated rings. The van der Waals surface area contributed by atoms with E-state index < -0.39 is 5.97 Å². The Morgan fingerprint density at radius 3 is 2.69 bits per heavy atom. The minimum absolute atomic E-state index is 0.208. The van der Waals surface area contributed by atoms with Crippen LogP contribution in [0.25, 0.3) is 0 Å². The van der Waals surface area contributed by atoms with E-state index in [4.69, 9.17) is 9.15 Å². The molecule has 2 rings (SSSR count). The number of aryl methyl sites for hydroxylation is 2. The van der Waals surface area contributed by atoms with E-state index in [1.54, 1.807) is 18.2 Å². The number of rotatable bonds is 2. The van der Waals surface area contributed by atoms with Gasteiger partial charge in [0.1, 0.15) is 5.75 Å². The third-order valence-corrected chi connectivity index (χ3v) is 2.26. The van der Waals surface area contributed by atoms with Gasteiger partial charge in [0.05, 0.1) is 6.26 Å². The lowest BCUT2D eigenvalue weighted by Crippen LogP contribution is -2.08. The summed E-state index contributed by atoms with van der Waals surface area (Å²) in [6, 6.07) is 8.87. The Labute approximate surface area is 93.7 Å². The third kappa shape index (κ3) is 2.14. The first-order chi connectivity index (χ1) is 7.66. The first kappa shape index (κ1) is 10.5. The second-order valence-electron chi connectivity index (χ2n) is 3.64. The van der Waals surface area contributed by atoms with Gasteiger partial charge >= 0.3 is 5.97 Å². The Bertz CT molecular complexity index is 498. The fourth-order valence-electron chi connectivity index (χ4n) is 1.46. The largest absolute Gasteiger partial charge is 0.457 e. The summed E-state index contributed by atoms with van der Waals surface area (Å²) in [5, 5.41) is 0. The van der Waals surface area contributed by atoms with E-state index in [1.165, 1.54) is 6.26 Å². The number of carbonyl (C=O) groups is 1. The zero-order valence-electron chi connectivity index (χ0n) is 9.19. The van der Waals surface area contributed by atoms with Crippen molar-refractivity contribution in [2.75, 3.05) is 0 Å². The van der Waals surface area contributed by atoms with Crippen LogP contribution in [0.2, 0.25) is 0 Å². The molecule has 0 saturated carbocycles. The number of hydrogen-bond donors (Lipinski definition) is 0. The fraction of sp³-hybridized carbons (Fsp3) is 0.154. The predicted octanol–water partition coefficient (Wildman–Crippen LogP) is 3.12. The lowest BCUT2D eigenvalue weighted by molar-refractivity contribution is 0.0700. The SMILES string of the molecule is Cc1ccc(OC(=O)c2ccco2)c(C)c1. The molecule has 0 amide bonds. The molecule has 0 bridgehead atoms. The summed E-state index contributed by atoms with van der Waals surface area (Å²) in [4.78, 5) is 11.6. The van der Waals surface area contributed by atoms with Gasteiger partial charge in [-0.05, 0) is 37.6 Å². The highest BCUT2D eigenvalue weighted by Gasteiger charge is 2.12. The zero-order valence-corrected chi connectivity index (χ0v) is 9.19. The van der Waals surface area contributed by atoms with Crippen molar-refractivity contribution in [2.24, 2.45) is 0 Å². The van der Waals surface area contributed by atoms with Crippen molar-refractivity contribution in [3.05, 3.63) is 53.5 Å². The van der Waals surface area contributed by atoms with Crippen molar-refractivity contribution < 1.29 is 13.9 Å². The Balaban J connectivity index is 2.18. The molecule has 0 aliphatic heterocycles. The molecule has 0 aliphatic rings. The van der Waals surface area contributed by atoms with Gasteiger partial charge in [-0.2, -0.15) is 0 Å². The number of furan rings is 1. The van der Waals surface area contributed by atoms with Crippen molar-refractivity contribution in [1.29, 1.82) is 0 Å². The molecule has 0 unspecified atom stereocenters. The molecule has 16 heavy (non-hydrogen) atoms. The maximum Gasteiger partial charge on any atom is 0.379 e. The lowest BCUT2D eigenvalue weighted by Gasteiger charge is -2.06. The Morgan fingerprint density at radius 1 is 1.25 bits per heavy atom. The van der Waals surface area contributed by atoms with Gasteiger partial charge in [0.2, 0.25) is 5.76 Å². The predicted molar refractivity (Wildman–Crippen MR) is 59.6 cm³/mol. The van der Waals surface area contributed by atoms with Crippen LogP contribution in [-0.4, -0.2) is 5.97 Å². The molecule has 1 aromatic carbocycles. The smallest absolute Gasteiger partial charge is 0.379 e. The standard InChI is InChI=1S/C13H12O3/c1-9-5-6-11(10(2)8-9)16-13(14)12-4-3-7-15-12/h3-8H,1-2H3. The normalized spacial score (nSPS) is 10.1. The van der Waals surface area contributed by atoms with Crippen molar-refractivity contribution >= 4 is 5.97 Å². The van der Waals surface area contributed by atoms with E-state index in [2.05, 4.69) is 0 Å². The molecule has 0 atom stereocenters. The molecule has 0 N–H and O–H groups in total. The van der Waals surface area contributed by atoms with Gasteiger partial charge < -0.3 is 9.15 Å². The maximum absolute atomic E-state index is 11.6. The van der Waals surface area contributed by atoms with E-state index in [9.17, 15) is 4.79 Å². The van der Waals surface area contributed by atoms with Crippen molar-refractivity contribution in [2.45, 2.75) is 13.8 Å². The number of benzene rings is 1. The highest BCUT2D eigenvalue weighted by atomic mass is 16.5. The number of carbonyl (C=O) groups excluding carboxylic acids is 1. The van der Waals surface area contributed by atoms with Gasteiger partial charge in [0.25, 0.3) is 0 Å². The van der Waals surface area contributed by atoms with Crippen molar-refractivity contribution in [1.82, 2.24) is 0 Å². The Hall–Kier alpha value is -2.03. The first-order valence-electron chi connectivity index (χ1n) is 5.00. The highest BCUT2D eigenvalue weighted by molar-refractivity contribution is 5.88. The summed E-state index contributed by atoms with van der Waals surface area (Å²) in [6.45, 7) is 3.89. The average molecular weight is 216 g/mol. The van der Waals surface area contributed by atoms with Gasteiger partial charge in [-0.25, -0.2) is 4.79 Å². The zero-order chi connectivity index (χ0) is 11.5. The van der Waals surface area contributed by atoms with E-state index in [0.717, 1.165) is 11.1 Å².